The summed E-state index contributed by atoms with van der Waals surface area (Å²) in [5, 5.41) is 12.1. The number of hydrogen-bond acceptors (Lipinski definition) is 3. The molecule has 0 radical (unpaired) electrons. The van der Waals surface area contributed by atoms with Gasteiger partial charge >= 0.3 is 0 Å². The number of nitrogens with zero attached hydrogens (tertiary/aromatic N) is 2. The maximum Gasteiger partial charge on any atom is 0.235 e. The summed E-state index contributed by atoms with van der Waals surface area (Å²) in [4.78, 5) is 14.2. The van der Waals surface area contributed by atoms with E-state index >= 15 is 0 Å². The maximum atomic E-state index is 12.0. The highest BCUT2D eigenvalue weighted by molar-refractivity contribution is 5.79. The van der Waals surface area contributed by atoms with Gasteiger partial charge in [0.2, 0.25) is 5.91 Å². The van der Waals surface area contributed by atoms with Crippen molar-refractivity contribution in [2.45, 2.75) is 58.5 Å². The lowest BCUT2D eigenvalue weighted by Gasteiger charge is -2.34. The zero-order valence-electron chi connectivity index (χ0n) is 12.0. The van der Waals surface area contributed by atoms with E-state index in [1.807, 2.05) is 13.8 Å². The van der Waals surface area contributed by atoms with Gasteiger partial charge < -0.3 is 5.32 Å². The Kier molecular flexibility index (Phi) is 5.15. The summed E-state index contributed by atoms with van der Waals surface area (Å²) >= 11 is 0. The summed E-state index contributed by atoms with van der Waals surface area (Å²) in [5.74, 6) is 0.0618. The molecule has 0 aliphatic carbocycles. The molecule has 102 valence electrons. The summed E-state index contributed by atoms with van der Waals surface area (Å²) in [7, 11) is 0. The predicted octanol–water partition coefficient (Wildman–Crippen LogP) is 1.92. The molecule has 18 heavy (non-hydrogen) atoms. The first kappa shape index (κ1) is 15.0. The topological polar surface area (TPSA) is 56.1 Å². The van der Waals surface area contributed by atoms with Crippen molar-refractivity contribution >= 4 is 5.91 Å². The molecule has 4 heteroatoms. The van der Waals surface area contributed by atoms with Gasteiger partial charge in [-0.1, -0.05) is 20.3 Å². The van der Waals surface area contributed by atoms with E-state index in [-0.39, 0.29) is 11.8 Å². The summed E-state index contributed by atoms with van der Waals surface area (Å²) in [6.45, 7) is 9.25. The minimum Gasteiger partial charge on any atom is -0.337 e. The number of amides is 1. The van der Waals surface area contributed by atoms with E-state index < -0.39 is 5.54 Å². The fourth-order valence-electron chi connectivity index (χ4n) is 2.21. The van der Waals surface area contributed by atoms with Gasteiger partial charge in [0.1, 0.15) is 5.54 Å². The Morgan fingerprint density at radius 3 is 2.72 bits per heavy atom. The van der Waals surface area contributed by atoms with Crippen molar-refractivity contribution in [2.24, 2.45) is 5.92 Å². The van der Waals surface area contributed by atoms with Crippen LogP contribution < -0.4 is 5.32 Å². The van der Waals surface area contributed by atoms with E-state index in [9.17, 15) is 10.1 Å². The molecule has 0 aromatic carbocycles. The highest BCUT2D eigenvalue weighted by Crippen LogP contribution is 2.17. The first-order valence-corrected chi connectivity index (χ1v) is 6.85. The van der Waals surface area contributed by atoms with Crippen LogP contribution in [0, 0.1) is 17.2 Å². The SMILES string of the molecule is CC(C)[C@](C)(C#N)NC(=O)CN1CCCC[C@@H]1C. The van der Waals surface area contributed by atoms with Crippen LogP contribution in [0.3, 0.4) is 0 Å². The van der Waals surface area contributed by atoms with Gasteiger partial charge in [0.15, 0.2) is 0 Å². The minimum absolute atomic E-state index is 0.0403. The second-order valence-electron chi connectivity index (χ2n) is 5.83. The standard InChI is InChI=1S/C14H25N3O/c1-11(2)14(4,10-15)16-13(18)9-17-8-6-5-7-12(17)3/h11-12H,5-9H2,1-4H3,(H,16,18)/t12-,14-/m0/s1. The number of likely N-dealkylation sites (tertiary alicyclic amines) is 1. The highest BCUT2D eigenvalue weighted by atomic mass is 16.2. The molecule has 0 bridgehead atoms. The van der Waals surface area contributed by atoms with Crippen molar-refractivity contribution in [1.82, 2.24) is 10.2 Å². The quantitative estimate of drug-likeness (QED) is 0.830. The molecule has 1 aliphatic rings. The zero-order chi connectivity index (χ0) is 13.8. The molecule has 0 unspecified atom stereocenters. The van der Waals surface area contributed by atoms with E-state index in [2.05, 4.69) is 23.2 Å². The maximum absolute atomic E-state index is 12.0. The summed E-state index contributed by atoms with van der Waals surface area (Å²) < 4.78 is 0. The van der Waals surface area contributed by atoms with Gasteiger partial charge in [-0.05, 0) is 39.2 Å². The van der Waals surface area contributed by atoms with Crippen molar-refractivity contribution in [3.8, 4) is 6.07 Å². The van der Waals surface area contributed by atoms with Crippen LogP contribution in [-0.2, 0) is 4.79 Å². The van der Waals surface area contributed by atoms with Crippen molar-refractivity contribution in [1.29, 1.82) is 5.26 Å². The van der Waals surface area contributed by atoms with Gasteiger partial charge in [0.05, 0.1) is 12.6 Å². The molecule has 0 saturated carbocycles. The van der Waals surface area contributed by atoms with Gasteiger partial charge in [-0.2, -0.15) is 5.26 Å². The second-order valence-corrected chi connectivity index (χ2v) is 5.83. The summed E-state index contributed by atoms with van der Waals surface area (Å²) in [5.41, 5.74) is -0.768. The van der Waals surface area contributed by atoms with Gasteiger partial charge in [-0.15, -0.1) is 0 Å². The Labute approximate surface area is 110 Å². The van der Waals surface area contributed by atoms with Crippen LogP contribution in [0.15, 0.2) is 0 Å². The molecule has 1 rings (SSSR count). The first-order valence-electron chi connectivity index (χ1n) is 6.85. The van der Waals surface area contributed by atoms with Crippen molar-refractivity contribution in [3.63, 3.8) is 0 Å². The molecular formula is C14H25N3O. The fraction of sp³-hybridized carbons (Fsp3) is 0.857. The van der Waals surface area contributed by atoms with Crippen LogP contribution in [0.4, 0.5) is 0 Å². The van der Waals surface area contributed by atoms with E-state index in [0.717, 1.165) is 19.4 Å². The largest absolute Gasteiger partial charge is 0.337 e. The number of rotatable bonds is 4. The monoisotopic (exact) mass is 251 g/mol. The fourth-order valence-corrected chi connectivity index (χ4v) is 2.21. The lowest BCUT2D eigenvalue weighted by Crippen LogP contribution is -2.53. The molecule has 0 spiro atoms. The third-order valence-corrected chi connectivity index (χ3v) is 4.07. The summed E-state index contributed by atoms with van der Waals surface area (Å²) in [6.07, 6.45) is 3.57. The molecule has 1 heterocycles. The van der Waals surface area contributed by atoms with E-state index in [4.69, 9.17) is 0 Å². The van der Waals surface area contributed by atoms with Crippen LogP contribution in [0.25, 0.3) is 0 Å². The average molecular weight is 251 g/mol. The van der Waals surface area contributed by atoms with Crippen LogP contribution in [0.1, 0.15) is 47.0 Å². The highest BCUT2D eigenvalue weighted by Gasteiger charge is 2.31. The number of nitrogens with one attached hydrogen (secondary N) is 1. The number of carbonyl (C=O) groups excluding carboxylic acids is 1. The molecule has 4 nitrogen and oxygen atoms in total. The molecule has 1 N–H and O–H groups in total. The lowest BCUT2D eigenvalue weighted by atomic mass is 9.90. The number of hydrogen-bond donors (Lipinski definition) is 1. The van der Waals surface area contributed by atoms with E-state index in [1.54, 1.807) is 6.92 Å². The van der Waals surface area contributed by atoms with E-state index in [0.29, 0.717) is 12.6 Å². The van der Waals surface area contributed by atoms with Crippen LogP contribution in [0.2, 0.25) is 0 Å². The van der Waals surface area contributed by atoms with Crippen molar-refractivity contribution in [2.75, 3.05) is 13.1 Å². The van der Waals surface area contributed by atoms with Crippen molar-refractivity contribution in [3.05, 3.63) is 0 Å². The Bertz CT molecular complexity index is 334. The second kappa shape index (κ2) is 6.19. The lowest BCUT2D eigenvalue weighted by molar-refractivity contribution is -0.124. The first-order chi connectivity index (χ1) is 8.39. The molecule has 1 amide bonds. The Morgan fingerprint density at radius 1 is 1.56 bits per heavy atom. The number of carbonyl (C=O) groups is 1. The Morgan fingerprint density at radius 2 is 2.22 bits per heavy atom. The molecule has 1 fully saturated rings. The molecule has 1 saturated heterocycles. The molecule has 0 aromatic rings. The number of piperidine rings is 1. The molecular weight excluding hydrogens is 226 g/mol. The molecule has 0 aromatic heterocycles. The van der Waals surface area contributed by atoms with Gasteiger partial charge in [0.25, 0.3) is 0 Å². The molecule has 1 aliphatic heterocycles. The van der Waals surface area contributed by atoms with Gasteiger partial charge in [-0.3, -0.25) is 9.69 Å². The van der Waals surface area contributed by atoms with Crippen molar-refractivity contribution < 1.29 is 4.79 Å². The minimum atomic E-state index is -0.768. The van der Waals surface area contributed by atoms with E-state index in [1.165, 1.54) is 6.42 Å². The smallest absolute Gasteiger partial charge is 0.235 e. The Hall–Kier alpha value is -1.08. The summed E-state index contributed by atoms with van der Waals surface area (Å²) in [6, 6.07) is 2.68. The molecule has 2 atom stereocenters. The normalized spacial score (nSPS) is 24.3. The predicted molar refractivity (Wildman–Crippen MR) is 71.9 cm³/mol. The van der Waals surface area contributed by atoms with Crippen LogP contribution in [-0.4, -0.2) is 35.5 Å². The third-order valence-electron chi connectivity index (χ3n) is 4.07. The zero-order valence-corrected chi connectivity index (χ0v) is 12.0. The Balaban J connectivity index is 2.53. The van der Waals surface area contributed by atoms with Gasteiger partial charge in [-0.25, -0.2) is 0 Å². The average Bonchev–Trinajstić information content (AvgIpc) is 2.31. The third kappa shape index (κ3) is 3.71. The van der Waals surface area contributed by atoms with Crippen LogP contribution in [0.5, 0.6) is 0 Å². The van der Waals surface area contributed by atoms with Crippen LogP contribution >= 0.6 is 0 Å². The van der Waals surface area contributed by atoms with Gasteiger partial charge in [0, 0.05) is 6.04 Å². The number of nitriles is 1.